The molecule has 14 heteroatoms. The fourth-order valence-corrected chi connectivity index (χ4v) is 5.61. The van der Waals surface area contributed by atoms with Crippen molar-refractivity contribution in [2.45, 2.75) is 18.9 Å². The van der Waals surface area contributed by atoms with Gasteiger partial charge in [-0.25, -0.2) is 9.78 Å². The van der Waals surface area contributed by atoms with Crippen molar-refractivity contribution in [1.29, 1.82) is 0 Å². The number of halogens is 1. The highest BCUT2D eigenvalue weighted by Gasteiger charge is 2.27. The van der Waals surface area contributed by atoms with Crippen molar-refractivity contribution in [2.75, 3.05) is 38.4 Å². The number of amides is 1. The van der Waals surface area contributed by atoms with Crippen molar-refractivity contribution in [3.63, 3.8) is 0 Å². The summed E-state index contributed by atoms with van der Waals surface area (Å²) in [6, 6.07) is 15.9. The van der Waals surface area contributed by atoms with E-state index in [0.29, 0.717) is 41.9 Å². The second kappa shape index (κ2) is 12.8. The molecular weight excluding hydrogens is 588 g/mol. The van der Waals surface area contributed by atoms with Crippen LogP contribution in [0.15, 0.2) is 71.9 Å². The fraction of sp³-hybridized carbons (Fsp3) is 0.267. The molecule has 4 heterocycles. The predicted octanol–water partition coefficient (Wildman–Crippen LogP) is 4.22. The first-order chi connectivity index (χ1) is 21.4. The number of aryl methyl sites for hydroxylation is 1. The van der Waals surface area contributed by atoms with Crippen molar-refractivity contribution in [3.05, 3.63) is 93.9 Å². The molecule has 1 aliphatic heterocycles. The Morgan fingerprint density at radius 3 is 2.70 bits per heavy atom. The topological polar surface area (TPSA) is 153 Å². The van der Waals surface area contributed by atoms with Gasteiger partial charge in [0.05, 0.1) is 50.0 Å². The van der Waals surface area contributed by atoms with Crippen LogP contribution in [0.2, 0.25) is 5.02 Å². The highest BCUT2D eigenvalue weighted by atomic mass is 35.5. The third-order valence-corrected chi connectivity index (χ3v) is 7.76. The third-order valence-electron chi connectivity index (χ3n) is 7.53. The van der Waals surface area contributed by atoms with Gasteiger partial charge in [-0.15, -0.1) is 5.10 Å². The summed E-state index contributed by atoms with van der Waals surface area (Å²) in [5, 5.41) is 21.7. The number of hydrogen-bond donors (Lipinski definition) is 2. The van der Waals surface area contributed by atoms with Gasteiger partial charge in [0.15, 0.2) is 0 Å². The van der Waals surface area contributed by atoms with Gasteiger partial charge in [0.25, 0.3) is 5.56 Å². The van der Waals surface area contributed by atoms with Gasteiger partial charge in [-0.05, 0) is 77.4 Å². The minimum atomic E-state index is -1.07. The van der Waals surface area contributed by atoms with E-state index in [1.807, 2.05) is 24.3 Å². The second-order valence-electron chi connectivity index (χ2n) is 10.2. The number of aromatic nitrogens is 7. The lowest BCUT2D eigenvalue weighted by Crippen LogP contribution is -2.32. The highest BCUT2D eigenvalue weighted by molar-refractivity contribution is 6.31. The van der Waals surface area contributed by atoms with E-state index >= 15 is 0 Å². The quantitative estimate of drug-likeness (QED) is 0.208. The molecule has 5 aromatic rings. The van der Waals surface area contributed by atoms with Crippen LogP contribution in [0.25, 0.3) is 28.2 Å². The summed E-state index contributed by atoms with van der Waals surface area (Å²) in [4.78, 5) is 34.5. The van der Waals surface area contributed by atoms with Crippen molar-refractivity contribution in [3.8, 4) is 28.2 Å². The molecule has 2 aromatic carbocycles. The molecule has 0 spiro atoms. The van der Waals surface area contributed by atoms with Crippen LogP contribution in [0.1, 0.15) is 23.9 Å². The number of H-pyrrole nitrogens is 1. The molecule has 0 unspecified atom stereocenters. The first-order valence-electron chi connectivity index (χ1n) is 13.9. The molecule has 0 saturated carbocycles. The molecule has 0 fully saturated rings. The van der Waals surface area contributed by atoms with Crippen molar-refractivity contribution in [1.82, 2.24) is 34.7 Å². The molecule has 0 bridgehead atoms. The lowest BCUT2D eigenvalue weighted by atomic mass is 10.0. The number of anilines is 1. The molecule has 226 valence electrons. The van der Waals surface area contributed by atoms with Crippen molar-refractivity contribution >= 4 is 23.4 Å². The number of aromatic amines is 1. The smallest absolute Gasteiger partial charge is 0.411 e. The Balaban J connectivity index is 1.21. The van der Waals surface area contributed by atoms with E-state index in [9.17, 15) is 14.7 Å². The highest BCUT2D eigenvalue weighted by Crippen LogP contribution is 2.35. The number of benzene rings is 2. The Morgan fingerprint density at radius 1 is 1.11 bits per heavy atom. The van der Waals surface area contributed by atoms with E-state index in [1.165, 1.54) is 15.9 Å². The fourth-order valence-electron chi connectivity index (χ4n) is 5.44. The van der Waals surface area contributed by atoms with Crippen LogP contribution in [0.4, 0.5) is 10.5 Å². The Labute approximate surface area is 256 Å². The zero-order valence-electron chi connectivity index (χ0n) is 23.8. The third kappa shape index (κ3) is 5.97. The van der Waals surface area contributed by atoms with Gasteiger partial charge in [-0.2, -0.15) is 4.68 Å². The van der Waals surface area contributed by atoms with Gasteiger partial charge < -0.3 is 24.1 Å². The number of hydrogen-bond acceptors (Lipinski definition) is 8. The monoisotopic (exact) mass is 616 g/mol. The average Bonchev–Trinajstić information content (AvgIpc) is 3.80. The van der Waals surface area contributed by atoms with Crippen LogP contribution in [0.3, 0.4) is 0 Å². The molecule has 0 saturated heterocycles. The summed E-state index contributed by atoms with van der Waals surface area (Å²) in [5.41, 5.74) is 5.10. The number of methoxy groups -OCH3 is 1. The van der Waals surface area contributed by atoms with E-state index in [2.05, 4.69) is 25.5 Å². The first kappa shape index (κ1) is 29.2. The molecule has 3 aromatic heterocycles. The van der Waals surface area contributed by atoms with Crippen LogP contribution in [-0.4, -0.2) is 79.4 Å². The van der Waals surface area contributed by atoms with E-state index in [-0.39, 0.29) is 24.8 Å². The van der Waals surface area contributed by atoms with Crippen LogP contribution in [0, 0.1) is 0 Å². The number of carboxylic acid groups (broad SMARTS) is 1. The van der Waals surface area contributed by atoms with Gasteiger partial charge in [0.1, 0.15) is 12.2 Å². The lowest BCUT2D eigenvalue weighted by Gasteiger charge is -2.19. The van der Waals surface area contributed by atoms with Crippen LogP contribution < -0.4 is 10.5 Å². The van der Waals surface area contributed by atoms with Gasteiger partial charge in [-0.1, -0.05) is 11.6 Å². The zero-order valence-corrected chi connectivity index (χ0v) is 24.5. The minimum Gasteiger partial charge on any atom is -0.465 e. The van der Waals surface area contributed by atoms with E-state index < -0.39 is 6.09 Å². The number of tetrazole rings is 1. The summed E-state index contributed by atoms with van der Waals surface area (Å²) in [7, 11) is 1.58. The van der Waals surface area contributed by atoms with Gasteiger partial charge in [-0.3, -0.25) is 9.69 Å². The van der Waals surface area contributed by atoms with Gasteiger partial charge in [0.2, 0.25) is 0 Å². The summed E-state index contributed by atoms with van der Waals surface area (Å²) < 4.78 is 13.7. The maximum Gasteiger partial charge on any atom is 0.411 e. The molecule has 1 atom stereocenters. The lowest BCUT2D eigenvalue weighted by molar-refractivity contribution is 0.0738. The number of ether oxygens (including phenoxy) is 2. The van der Waals surface area contributed by atoms with Crippen molar-refractivity contribution in [2.24, 2.45) is 0 Å². The maximum atomic E-state index is 13.5. The molecule has 0 radical (unpaired) electrons. The summed E-state index contributed by atoms with van der Waals surface area (Å²) in [6.07, 6.45) is 3.61. The number of pyridine rings is 1. The summed E-state index contributed by atoms with van der Waals surface area (Å²) >= 11 is 6.32. The number of fused-ring (bicyclic) bond motifs is 1. The van der Waals surface area contributed by atoms with Crippen LogP contribution in [-0.2, 0) is 15.9 Å². The molecule has 0 aliphatic carbocycles. The number of nitrogens with zero attached hydrogens (tertiary/aromatic N) is 7. The molecule has 13 nitrogen and oxygen atoms in total. The normalized spacial score (nSPS) is 14.1. The largest absolute Gasteiger partial charge is 0.465 e. The van der Waals surface area contributed by atoms with Crippen LogP contribution in [0.5, 0.6) is 0 Å². The molecule has 1 amide bonds. The van der Waals surface area contributed by atoms with E-state index in [0.717, 1.165) is 34.5 Å². The number of nitrogens with one attached hydrogen (secondary N) is 1. The van der Waals surface area contributed by atoms with E-state index in [4.69, 9.17) is 21.1 Å². The molecular formula is C30H29ClN8O5. The van der Waals surface area contributed by atoms with Gasteiger partial charge in [0, 0.05) is 40.7 Å². The number of carbonyl (C=O) groups is 1. The van der Waals surface area contributed by atoms with Gasteiger partial charge >= 0.3 is 6.09 Å². The number of rotatable bonds is 11. The predicted molar refractivity (Wildman–Crippen MR) is 162 cm³/mol. The zero-order chi connectivity index (χ0) is 30.6. The molecule has 6 rings (SSSR count). The maximum absolute atomic E-state index is 13.5. The Hall–Kier alpha value is -4.85. The van der Waals surface area contributed by atoms with Crippen LogP contribution >= 0.6 is 11.6 Å². The SMILES string of the molecule is COCCOCCN(C(=O)O)c1ccc(-c2ncc([C@@H]3CCc4cc(-c5cc(Cl)ccc5-n5cnnn5)cc(=O)n43)[nH]2)cc1. The summed E-state index contributed by atoms with van der Waals surface area (Å²) in [5.74, 6) is 0.624. The second-order valence-corrected chi connectivity index (χ2v) is 10.6. The minimum absolute atomic E-state index is 0.136. The molecule has 2 N–H and O–H groups in total. The van der Waals surface area contributed by atoms with Crippen molar-refractivity contribution < 1.29 is 19.4 Å². The molecule has 44 heavy (non-hydrogen) atoms. The Morgan fingerprint density at radius 2 is 1.95 bits per heavy atom. The Bertz CT molecular complexity index is 1820. The molecule has 1 aliphatic rings. The first-order valence-corrected chi connectivity index (χ1v) is 14.3. The standard InChI is InChI=1S/C30H29ClN8O5/c1-43-12-13-44-11-10-37(30(41)42)22-5-2-19(3-6-22)29-32-17-25(34-29)27-9-7-23-14-20(15-28(40)39(23)27)24-16-21(31)4-8-26(24)38-18-33-35-36-38/h2-6,8,14-18,27H,7,9-13H2,1H3,(H,32,34)(H,41,42)/t27-/m0/s1. The summed E-state index contributed by atoms with van der Waals surface area (Å²) in [6.45, 7) is 1.29. The average molecular weight is 617 g/mol. The Kier molecular flexibility index (Phi) is 8.50. The van der Waals surface area contributed by atoms with E-state index in [1.54, 1.807) is 48.2 Å². The number of imidazole rings is 1.